The van der Waals surface area contributed by atoms with Crippen molar-refractivity contribution in [3.8, 4) is 5.69 Å². The van der Waals surface area contributed by atoms with Crippen molar-refractivity contribution in [1.82, 2.24) is 9.55 Å². The van der Waals surface area contributed by atoms with Crippen molar-refractivity contribution in [2.75, 3.05) is 5.32 Å². The molecule has 0 aliphatic carbocycles. The van der Waals surface area contributed by atoms with Crippen LogP contribution in [0.5, 0.6) is 0 Å². The molecule has 3 aromatic rings. The Kier molecular flexibility index (Phi) is 4.68. The molecule has 0 bridgehead atoms. The molecule has 1 heterocycles. The van der Waals surface area contributed by atoms with Gasteiger partial charge in [-0.1, -0.05) is 30.3 Å². The summed E-state index contributed by atoms with van der Waals surface area (Å²) in [4.78, 5) is 39.2. The molecule has 1 amide bonds. The van der Waals surface area contributed by atoms with Crippen LogP contribution in [0.2, 0.25) is 0 Å². The van der Waals surface area contributed by atoms with Gasteiger partial charge in [0, 0.05) is 6.20 Å². The molecule has 0 aliphatic rings. The number of alkyl halides is 3. The standard InChI is InChI=1S/C18H12F3N3O3/c19-18(20,21)13-8-4-5-9-14(13)23-15(25)12-10-22-17(27)24(16(12)26)11-6-2-1-3-7-11/h1-10H,(H,22,27)(H,23,25). The van der Waals surface area contributed by atoms with E-state index in [9.17, 15) is 27.6 Å². The molecule has 3 rings (SSSR count). The van der Waals surface area contributed by atoms with Gasteiger partial charge in [-0.15, -0.1) is 0 Å². The second-order valence-electron chi connectivity index (χ2n) is 5.48. The van der Waals surface area contributed by atoms with Crippen molar-refractivity contribution in [1.29, 1.82) is 0 Å². The molecule has 0 fully saturated rings. The third-order valence-electron chi connectivity index (χ3n) is 3.72. The molecule has 0 radical (unpaired) electrons. The van der Waals surface area contributed by atoms with E-state index in [-0.39, 0.29) is 5.69 Å². The van der Waals surface area contributed by atoms with Crippen LogP contribution in [-0.4, -0.2) is 15.5 Å². The highest BCUT2D eigenvalue weighted by atomic mass is 19.4. The first-order chi connectivity index (χ1) is 12.8. The number of nitrogens with zero attached hydrogens (tertiary/aromatic N) is 1. The third kappa shape index (κ3) is 3.66. The Hall–Kier alpha value is -3.62. The van der Waals surface area contributed by atoms with E-state index in [1.807, 2.05) is 0 Å². The highest BCUT2D eigenvalue weighted by Crippen LogP contribution is 2.34. The van der Waals surface area contributed by atoms with Gasteiger partial charge in [-0.05, 0) is 24.3 Å². The fourth-order valence-electron chi connectivity index (χ4n) is 2.48. The fourth-order valence-corrected chi connectivity index (χ4v) is 2.48. The molecule has 138 valence electrons. The number of para-hydroxylation sites is 2. The number of amides is 1. The topological polar surface area (TPSA) is 84.0 Å². The van der Waals surface area contributed by atoms with Gasteiger partial charge in [0.2, 0.25) is 0 Å². The highest BCUT2D eigenvalue weighted by Gasteiger charge is 2.33. The lowest BCUT2D eigenvalue weighted by molar-refractivity contribution is -0.136. The Labute approximate surface area is 149 Å². The van der Waals surface area contributed by atoms with Crippen LogP contribution in [0.4, 0.5) is 18.9 Å². The van der Waals surface area contributed by atoms with Crippen LogP contribution in [0.25, 0.3) is 5.69 Å². The Balaban J connectivity index is 2.03. The number of benzene rings is 2. The third-order valence-corrected chi connectivity index (χ3v) is 3.72. The summed E-state index contributed by atoms with van der Waals surface area (Å²) in [6.45, 7) is 0. The van der Waals surface area contributed by atoms with E-state index < -0.39 is 40.1 Å². The number of H-pyrrole nitrogens is 1. The lowest BCUT2D eigenvalue weighted by Gasteiger charge is -2.13. The number of carbonyl (C=O) groups excluding carboxylic acids is 1. The number of anilines is 1. The smallest absolute Gasteiger partial charge is 0.321 e. The van der Waals surface area contributed by atoms with Gasteiger partial charge in [-0.2, -0.15) is 13.2 Å². The molecular weight excluding hydrogens is 363 g/mol. The van der Waals surface area contributed by atoms with Gasteiger partial charge in [0.05, 0.1) is 16.9 Å². The summed E-state index contributed by atoms with van der Waals surface area (Å²) < 4.78 is 39.9. The summed E-state index contributed by atoms with van der Waals surface area (Å²) in [7, 11) is 0. The lowest BCUT2D eigenvalue weighted by Crippen LogP contribution is -2.38. The van der Waals surface area contributed by atoms with Crippen LogP contribution in [0.1, 0.15) is 15.9 Å². The number of halogens is 3. The average molecular weight is 375 g/mol. The zero-order valence-electron chi connectivity index (χ0n) is 13.6. The molecule has 27 heavy (non-hydrogen) atoms. The molecule has 0 unspecified atom stereocenters. The first kappa shape index (κ1) is 18.2. The maximum absolute atomic E-state index is 13.1. The minimum absolute atomic E-state index is 0.217. The molecular formula is C18H12F3N3O3. The summed E-state index contributed by atoms with van der Waals surface area (Å²) >= 11 is 0. The maximum atomic E-state index is 13.1. The summed E-state index contributed by atoms with van der Waals surface area (Å²) in [6.07, 6.45) is -3.81. The minimum atomic E-state index is -4.68. The second kappa shape index (κ2) is 6.94. The molecule has 6 nitrogen and oxygen atoms in total. The van der Waals surface area contributed by atoms with E-state index in [1.54, 1.807) is 18.2 Å². The van der Waals surface area contributed by atoms with Crippen LogP contribution in [-0.2, 0) is 6.18 Å². The highest BCUT2D eigenvalue weighted by molar-refractivity contribution is 6.04. The van der Waals surface area contributed by atoms with Crippen molar-refractivity contribution < 1.29 is 18.0 Å². The SMILES string of the molecule is O=C(Nc1ccccc1C(F)(F)F)c1c[nH]c(=O)n(-c2ccccc2)c1=O. The molecule has 9 heteroatoms. The number of hydrogen-bond donors (Lipinski definition) is 2. The van der Waals surface area contributed by atoms with E-state index >= 15 is 0 Å². The number of nitrogens with one attached hydrogen (secondary N) is 2. The predicted octanol–water partition coefficient (Wildman–Crippen LogP) is 2.80. The number of aromatic nitrogens is 2. The van der Waals surface area contributed by atoms with Crippen molar-refractivity contribution in [2.24, 2.45) is 0 Å². The second-order valence-corrected chi connectivity index (χ2v) is 5.48. The van der Waals surface area contributed by atoms with Gasteiger partial charge in [0.1, 0.15) is 5.56 Å². The molecule has 1 aromatic heterocycles. The van der Waals surface area contributed by atoms with Crippen LogP contribution in [0.15, 0.2) is 70.4 Å². The van der Waals surface area contributed by atoms with Crippen LogP contribution in [0, 0.1) is 0 Å². The first-order valence-corrected chi connectivity index (χ1v) is 7.67. The van der Waals surface area contributed by atoms with Crippen molar-refractivity contribution in [3.63, 3.8) is 0 Å². The molecule has 0 saturated carbocycles. The molecule has 0 saturated heterocycles. The number of hydrogen-bond acceptors (Lipinski definition) is 3. The Morgan fingerprint density at radius 3 is 2.26 bits per heavy atom. The van der Waals surface area contributed by atoms with Gasteiger partial charge in [0.15, 0.2) is 0 Å². The monoisotopic (exact) mass is 375 g/mol. The molecule has 0 aliphatic heterocycles. The van der Waals surface area contributed by atoms with Gasteiger partial charge in [0.25, 0.3) is 11.5 Å². The summed E-state index contributed by atoms with van der Waals surface area (Å²) in [5.41, 5.74) is -3.56. The van der Waals surface area contributed by atoms with E-state index in [4.69, 9.17) is 0 Å². The molecule has 0 spiro atoms. The number of rotatable bonds is 3. The molecule has 2 aromatic carbocycles. The van der Waals surface area contributed by atoms with E-state index in [2.05, 4.69) is 10.3 Å². The summed E-state index contributed by atoms with van der Waals surface area (Å²) in [6, 6.07) is 12.2. The van der Waals surface area contributed by atoms with E-state index in [0.717, 1.165) is 22.9 Å². The number of carbonyl (C=O) groups is 1. The maximum Gasteiger partial charge on any atom is 0.418 e. The van der Waals surface area contributed by atoms with Gasteiger partial charge >= 0.3 is 11.9 Å². The average Bonchev–Trinajstić information content (AvgIpc) is 2.62. The van der Waals surface area contributed by atoms with Crippen LogP contribution < -0.4 is 16.6 Å². The predicted molar refractivity (Wildman–Crippen MR) is 92.1 cm³/mol. The Morgan fingerprint density at radius 2 is 1.59 bits per heavy atom. The molecule has 2 N–H and O–H groups in total. The van der Waals surface area contributed by atoms with Crippen molar-refractivity contribution in [2.45, 2.75) is 6.18 Å². The van der Waals surface area contributed by atoms with Gasteiger partial charge in [-0.25, -0.2) is 9.36 Å². The fraction of sp³-hybridized carbons (Fsp3) is 0.0556. The van der Waals surface area contributed by atoms with E-state index in [0.29, 0.717) is 0 Å². The van der Waals surface area contributed by atoms with Crippen molar-refractivity contribution in [3.05, 3.63) is 92.8 Å². The van der Waals surface area contributed by atoms with Crippen molar-refractivity contribution >= 4 is 11.6 Å². The van der Waals surface area contributed by atoms with Crippen LogP contribution in [0.3, 0.4) is 0 Å². The Morgan fingerprint density at radius 1 is 0.963 bits per heavy atom. The normalized spacial score (nSPS) is 11.2. The van der Waals surface area contributed by atoms with Gasteiger partial charge in [-0.3, -0.25) is 9.59 Å². The minimum Gasteiger partial charge on any atom is -0.321 e. The zero-order valence-corrected chi connectivity index (χ0v) is 13.6. The summed E-state index contributed by atoms with van der Waals surface area (Å²) in [5.74, 6) is -1.07. The largest absolute Gasteiger partial charge is 0.418 e. The van der Waals surface area contributed by atoms with E-state index in [1.165, 1.54) is 24.3 Å². The Bertz CT molecular complexity index is 1100. The lowest BCUT2D eigenvalue weighted by atomic mass is 10.1. The number of aromatic amines is 1. The van der Waals surface area contributed by atoms with Crippen LogP contribution >= 0.6 is 0 Å². The quantitative estimate of drug-likeness (QED) is 0.738. The summed E-state index contributed by atoms with van der Waals surface area (Å²) in [5, 5.41) is 2.08. The van der Waals surface area contributed by atoms with Gasteiger partial charge < -0.3 is 10.3 Å². The molecule has 0 atom stereocenters. The first-order valence-electron chi connectivity index (χ1n) is 7.67. The zero-order chi connectivity index (χ0) is 19.6.